The largest absolute Gasteiger partial charge is 0.336 e. The lowest BCUT2D eigenvalue weighted by molar-refractivity contribution is -0.133. The van der Waals surface area contributed by atoms with Crippen LogP contribution in [0.5, 0.6) is 0 Å². The highest BCUT2D eigenvalue weighted by Crippen LogP contribution is 2.22. The Morgan fingerprint density at radius 2 is 2.25 bits per heavy atom. The summed E-state index contributed by atoms with van der Waals surface area (Å²) in [5, 5.41) is 0. The van der Waals surface area contributed by atoms with E-state index in [-0.39, 0.29) is 5.91 Å². The first-order valence-corrected chi connectivity index (χ1v) is 6.56. The second kappa shape index (κ2) is 6.23. The molecule has 0 saturated carbocycles. The number of thiophene rings is 1. The molecule has 1 amide bonds. The summed E-state index contributed by atoms with van der Waals surface area (Å²) in [5.41, 5.74) is 5.74. The fourth-order valence-corrected chi connectivity index (χ4v) is 2.48. The quantitative estimate of drug-likeness (QED) is 0.884. The molecule has 0 radical (unpaired) electrons. The number of nitrogens with zero attached hydrogens (tertiary/aromatic N) is 1. The van der Waals surface area contributed by atoms with E-state index in [1.54, 1.807) is 4.90 Å². The predicted octanol–water partition coefficient (Wildman–Crippen LogP) is 2.49. The summed E-state index contributed by atoms with van der Waals surface area (Å²) in [5.74, 6) is 0.00882. The van der Waals surface area contributed by atoms with Crippen LogP contribution in [0, 0.1) is 0 Å². The number of hydrogen-bond acceptors (Lipinski definition) is 3. The summed E-state index contributed by atoms with van der Waals surface area (Å²) in [6, 6.07) is 3.40. The van der Waals surface area contributed by atoms with Gasteiger partial charge in [0.25, 0.3) is 0 Å². The molecule has 0 aliphatic rings. The Balaban J connectivity index is 2.65. The van der Waals surface area contributed by atoms with Gasteiger partial charge in [-0.1, -0.05) is 18.5 Å². The van der Waals surface area contributed by atoms with Gasteiger partial charge < -0.3 is 10.6 Å². The molecule has 0 aliphatic heterocycles. The Bertz CT molecular complexity index is 354. The van der Waals surface area contributed by atoms with Crippen molar-refractivity contribution in [2.75, 3.05) is 6.54 Å². The van der Waals surface area contributed by atoms with E-state index in [9.17, 15) is 4.79 Å². The smallest absolute Gasteiger partial charge is 0.239 e. The second-order valence-electron chi connectivity index (χ2n) is 3.57. The zero-order valence-electron chi connectivity index (χ0n) is 9.57. The van der Waals surface area contributed by atoms with Gasteiger partial charge in [0.2, 0.25) is 5.91 Å². The van der Waals surface area contributed by atoms with Gasteiger partial charge in [0.1, 0.15) is 0 Å². The molecule has 1 aromatic heterocycles. The summed E-state index contributed by atoms with van der Waals surface area (Å²) in [6.07, 6.45) is 0.667. The average molecular weight is 261 g/mol. The van der Waals surface area contributed by atoms with Gasteiger partial charge in [0, 0.05) is 11.4 Å². The van der Waals surface area contributed by atoms with Crippen LogP contribution in [-0.4, -0.2) is 23.4 Å². The number of hydrogen-bond donors (Lipinski definition) is 1. The zero-order valence-corrected chi connectivity index (χ0v) is 11.1. The molecule has 3 nitrogen and oxygen atoms in total. The van der Waals surface area contributed by atoms with Crippen molar-refractivity contribution >= 4 is 28.8 Å². The maximum atomic E-state index is 11.9. The maximum Gasteiger partial charge on any atom is 0.239 e. The fourth-order valence-electron chi connectivity index (χ4n) is 1.38. The molecular formula is C11H17ClN2OS. The number of likely N-dealkylation sites (N-methyl/N-ethyl adjacent to an activating group) is 1. The molecule has 1 aromatic rings. The van der Waals surface area contributed by atoms with E-state index in [0.717, 1.165) is 9.21 Å². The minimum atomic E-state index is -0.393. The third-order valence-electron chi connectivity index (χ3n) is 2.43. The van der Waals surface area contributed by atoms with Crippen molar-refractivity contribution in [3.05, 3.63) is 21.3 Å². The SMILES string of the molecule is CC[C@@H](N)C(=O)N(CC)Cc1ccc(Cl)s1. The lowest BCUT2D eigenvalue weighted by Crippen LogP contribution is -2.42. The summed E-state index contributed by atoms with van der Waals surface area (Å²) >= 11 is 7.35. The monoisotopic (exact) mass is 260 g/mol. The Labute approximate surface area is 105 Å². The van der Waals surface area contributed by atoms with Gasteiger partial charge in [0.15, 0.2) is 0 Å². The Morgan fingerprint density at radius 3 is 2.69 bits per heavy atom. The van der Waals surface area contributed by atoms with Crippen molar-refractivity contribution in [2.45, 2.75) is 32.9 Å². The Morgan fingerprint density at radius 1 is 1.56 bits per heavy atom. The number of carbonyl (C=O) groups excluding carboxylic acids is 1. The van der Waals surface area contributed by atoms with Crippen molar-refractivity contribution in [2.24, 2.45) is 5.73 Å². The number of rotatable bonds is 5. The fraction of sp³-hybridized carbons (Fsp3) is 0.545. The van der Waals surface area contributed by atoms with Crippen molar-refractivity contribution in [3.63, 3.8) is 0 Å². The van der Waals surface area contributed by atoms with Crippen molar-refractivity contribution in [3.8, 4) is 0 Å². The lowest BCUT2D eigenvalue weighted by Gasteiger charge is -2.23. The highest BCUT2D eigenvalue weighted by atomic mass is 35.5. The van der Waals surface area contributed by atoms with E-state index in [1.165, 1.54) is 11.3 Å². The van der Waals surface area contributed by atoms with Gasteiger partial charge in [-0.2, -0.15) is 0 Å². The van der Waals surface area contributed by atoms with E-state index in [4.69, 9.17) is 17.3 Å². The van der Waals surface area contributed by atoms with Gasteiger partial charge in [0.05, 0.1) is 16.9 Å². The molecule has 0 aromatic carbocycles. The minimum Gasteiger partial charge on any atom is -0.336 e. The van der Waals surface area contributed by atoms with Gasteiger partial charge in [-0.15, -0.1) is 11.3 Å². The average Bonchev–Trinajstić information content (AvgIpc) is 2.69. The number of nitrogens with two attached hydrogens (primary N) is 1. The van der Waals surface area contributed by atoms with Crippen LogP contribution in [0.4, 0.5) is 0 Å². The summed E-state index contributed by atoms with van der Waals surface area (Å²) in [6.45, 7) is 5.14. The zero-order chi connectivity index (χ0) is 12.1. The third-order valence-corrected chi connectivity index (χ3v) is 3.64. The third kappa shape index (κ3) is 3.47. The van der Waals surface area contributed by atoms with Crippen LogP contribution in [-0.2, 0) is 11.3 Å². The van der Waals surface area contributed by atoms with E-state index in [0.29, 0.717) is 19.5 Å². The number of halogens is 1. The van der Waals surface area contributed by atoms with E-state index in [1.807, 2.05) is 26.0 Å². The van der Waals surface area contributed by atoms with Crippen LogP contribution >= 0.6 is 22.9 Å². The van der Waals surface area contributed by atoms with Gasteiger partial charge in [-0.05, 0) is 25.5 Å². The Kier molecular flexibility index (Phi) is 5.25. The van der Waals surface area contributed by atoms with Crippen LogP contribution in [0.15, 0.2) is 12.1 Å². The number of amides is 1. The molecule has 0 fully saturated rings. The molecule has 1 atom stereocenters. The molecule has 2 N–H and O–H groups in total. The van der Waals surface area contributed by atoms with Crippen LogP contribution in [0.2, 0.25) is 4.34 Å². The van der Waals surface area contributed by atoms with Gasteiger partial charge >= 0.3 is 0 Å². The first-order chi connectivity index (χ1) is 7.58. The van der Waals surface area contributed by atoms with Crippen LogP contribution < -0.4 is 5.73 Å². The summed E-state index contributed by atoms with van der Waals surface area (Å²) in [4.78, 5) is 14.7. The topological polar surface area (TPSA) is 46.3 Å². The molecule has 1 rings (SSSR count). The molecule has 0 spiro atoms. The van der Waals surface area contributed by atoms with Crippen molar-refractivity contribution in [1.29, 1.82) is 0 Å². The van der Waals surface area contributed by atoms with Crippen LogP contribution in [0.25, 0.3) is 0 Å². The number of carbonyl (C=O) groups is 1. The van der Waals surface area contributed by atoms with Gasteiger partial charge in [-0.25, -0.2) is 0 Å². The molecule has 5 heteroatoms. The van der Waals surface area contributed by atoms with E-state index in [2.05, 4.69) is 0 Å². The van der Waals surface area contributed by atoms with Crippen molar-refractivity contribution in [1.82, 2.24) is 4.90 Å². The normalized spacial score (nSPS) is 12.5. The van der Waals surface area contributed by atoms with Crippen LogP contribution in [0.3, 0.4) is 0 Å². The highest BCUT2D eigenvalue weighted by molar-refractivity contribution is 7.16. The molecule has 0 saturated heterocycles. The van der Waals surface area contributed by atoms with E-state index < -0.39 is 6.04 Å². The minimum absolute atomic E-state index is 0.00882. The standard InChI is InChI=1S/C11H17ClN2OS/c1-3-9(13)11(15)14(4-2)7-8-5-6-10(12)16-8/h5-6,9H,3-4,7,13H2,1-2H3/t9-/m1/s1. The summed E-state index contributed by atoms with van der Waals surface area (Å²) < 4.78 is 0.748. The Hall–Kier alpha value is -0.580. The first-order valence-electron chi connectivity index (χ1n) is 5.37. The predicted molar refractivity (Wildman–Crippen MR) is 68.7 cm³/mol. The lowest BCUT2D eigenvalue weighted by atomic mass is 10.2. The first kappa shape index (κ1) is 13.5. The maximum absolute atomic E-state index is 11.9. The molecule has 16 heavy (non-hydrogen) atoms. The second-order valence-corrected chi connectivity index (χ2v) is 5.37. The molecular weight excluding hydrogens is 244 g/mol. The molecule has 90 valence electrons. The van der Waals surface area contributed by atoms with Crippen molar-refractivity contribution < 1.29 is 4.79 Å². The molecule has 0 aliphatic carbocycles. The van der Waals surface area contributed by atoms with Crippen LogP contribution in [0.1, 0.15) is 25.1 Å². The molecule has 0 unspecified atom stereocenters. The van der Waals surface area contributed by atoms with E-state index >= 15 is 0 Å². The molecule has 0 bridgehead atoms. The van der Waals surface area contributed by atoms with Gasteiger partial charge in [-0.3, -0.25) is 4.79 Å². The highest BCUT2D eigenvalue weighted by Gasteiger charge is 2.18. The molecule has 1 heterocycles. The summed E-state index contributed by atoms with van der Waals surface area (Å²) in [7, 11) is 0.